The summed E-state index contributed by atoms with van der Waals surface area (Å²) < 4.78 is 16.3. The summed E-state index contributed by atoms with van der Waals surface area (Å²) in [7, 11) is -0.878. The van der Waals surface area contributed by atoms with E-state index in [0.29, 0.717) is 39.0 Å². The van der Waals surface area contributed by atoms with Crippen LogP contribution >= 0.6 is 0 Å². The minimum atomic E-state index is -0.938. The Labute approximate surface area is 110 Å². The average Bonchev–Trinajstić information content (AvgIpc) is 2.39. The van der Waals surface area contributed by atoms with Crippen LogP contribution in [0.15, 0.2) is 0 Å². The molecule has 2 atom stereocenters. The lowest BCUT2D eigenvalue weighted by molar-refractivity contribution is -0.132. The number of rotatable bonds is 5. The highest BCUT2D eigenvalue weighted by atomic mass is 32.2. The molecule has 1 aliphatic rings. The standard InChI is InChI=1S/C12H20N2O3S/c1-10(18(2)16)3-6-14-11(15)12(9-13)4-7-17-8-5-12/h10H,3-8H2,1-2H3,(H,14,15). The molecule has 1 N–H and O–H groups in total. The smallest absolute Gasteiger partial charge is 0.240 e. The second-order valence-electron chi connectivity index (χ2n) is 4.66. The van der Waals surface area contributed by atoms with E-state index < -0.39 is 16.2 Å². The van der Waals surface area contributed by atoms with Gasteiger partial charge in [0.15, 0.2) is 0 Å². The van der Waals surface area contributed by atoms with Crippen molar-refractivity contribution in [1.82, 2.24) is 5.32 Å². The van der Waals surface area contributed by atoms with Gasteiger partial charge in [0.05, 0.1) is 6.07 Å². The van der Waals surface area contributed by atoms with Gasteiger partial charge in [-0.15, -0.1) is 0 Å². The van der Waals surface area contributed by atoms with Crippen LogP contribution in [0.5, 0.6) is 0 Å². The fourth-order valence-corrected chi connectivity index (χ4v) is 2.28. The summed E-state index contributed by atoms with van der Waals surface area (Å²) in [6.45, 7) is 3.26. The SMILES string of the molecule is CC(CCNC(=O)C1(C#N)CCOCC1)S(C)=O. The normalized spacial score (nSPS) is 21.6. The number of hydrogen-bond acceptors (Lipinski definition) is 4. The van der Waals surface area contributed by atoms with Crippen LogP contribution in [0, 0.1) is 16.7 Å². The van der Waals surface area contributed by atoms with Crippen molar-refractivity contribution >= 4 is 16.7 Å². The van der Waals surface area contributed by atoms with Gasteiger partial charge < -0.3 is 10.1 Å². The molecule has 0 aromatic rings. The second kappa shape index (κ2) is 6.86. The van der Waals surface area contributed by atoms with Crippen LogP contribution in [-0.2, 0) is 20.3 Å². The van der Waals surface area contributed by atoms with Gasteiger partial charge in [0.2, 0.25) is 5.91 Å². The Morgan fingerprint density at radius 3 is 2.67 bits per heavy atom. The van der Waals surface area contributed by atoms with Gasteiger partial charge >= 0.3 is 0 Å². The quantitative estimate of drug-likeness (QED) is 0.794. The Morgan fingerprint density at radius 1 is 1.56 bits per heavy atom. The summed E-state index contributed by atoms with van der Waals surface area (Å²) in [4.78, 5) is 12.0. The van der Waals surface area contributed by atoms with Gasteiger partial charge in [0, 0.05) is 42.1 Å². The molecule has 6 heteroatoms. The molecule has 0 aromatic heterocycles. The largest absolute Gasteiger partial charge is 0.381 e. The minimum absolute atomic E-state index is 0.0537. The molecule has 102 valence electrons. The molecule has 2 unspecified atom stereocenters. The lowest BCUT2D eigenvalue weighted by atomic mass is 9.81. The fraction of sp³-hybridized carbons (Fsp3) is 0.833. The van der Waals surface area contributed by atoms with Crippen LogP contribution in [0.2, 0.25) is 0 Å². The molecule has 0 radical (unpaired) electrons. The lowest BCUT2D eigenvalue weighted by Crippen LogP contribution is -2.44. The summed E-state index contributed by atoms with van der Waals surface area (Å²) in [6, 6.07) is 2.13. The van der Waals surface area contributed by atoms with E-state index >= 15 is 0 Å². The predicted molar refractivity (Wildman–Crippen MR) is 69.3 cm³/mol. The molecule has 1 heterocycles. The predicted octanol–water partition coefficient (Wildman–Crippen LogP) is 0.580. The third-order valence-corrected chi connectivity index (χ3v) is 4.77. The van der Waals surface area contributed by atoms with Crippen LogP contribution in [0.4, 0.5) is 0 Å². The number of carbonyl (C=O) groups excluding carboxylic acids is 1. The molecule has 0 bridgehead atoms. The molecule has 18 heavy (non-hydrogen) atoms. The maximum Gasteiger partial charge on any atom is 0.240 e. The lowest BCUT2D eigenvalue weighted by Gasteiger charge is -2.29. The molecule has 0 aliphatic carbocycles. The Morgan fingerprint density at radius 2 is 2.17 bits per heavy atom. The summed E-state index contributed by atoms with van der Waals surface area (Å²) in [5.74, 6) is -0.220. The summed E-state index contributed by atoms with van der Waals surface area (Å²) in [6.07, 6.45) is 3.21. The number of amides is 1. The number of nitrogens with one attached hydrogen (secondary N) is 1. The van der Waals surface area contributed by atoms with E-state index in [1.807, 2.05) is 6.92 Å². The molecule has 5 nitrogen and oxygen atoms in total. The highest BCUT2D eigenvalue weighted by Crippen LogP contribution is 2.29. The molecule has 0 aromatic carbocycles. The zero-order valence-corrected chi connectivity index (χ0v) is 11.7. The zero-order valence-electron chi connectivity index (χ0n) is 10.9. The van der Waals surface area contributed by atoms with Gasteiger partial charge in [-0.2, -0.15) is 5.26 Å². The summed E-state index contributed by atoms with van der Waals surface area (Å²) >= 11 is 0. The first-order chi connectivity index (χ1) is 8.52. The number of ether oxygens (including phenoxy) is 1. The maximum absolute atomic E-state index is 12.0. The topological polar surface area (TPSA) is 79.2 Å². The summed E-state index contributed by atoms with van der Waals surface area (Å²) in [5.41, 5.74) is -0.938. The molecule has 0 saturated carbocycles. The van der Waals surface area contributed by atoms with Gasteiger partial charge in [-0.3, -0.25) is 9.00 Å². The van der Waals surface area contributed by atoms with E-state index in [0.717, 1.165) is 0 Å². The molecule has 1 amide bonds. The van der Waals surface area contributed by atoms with E-state index in [4.69, 9.17) is 4.74 Å². The Kier molecular flexibility index (Phi) is 5.76. The highest BCUT2D eigenvalue weighted by molar-refractivity contribution is 7.84. The van der Waals surface area contributed by atoms with Crippen molar-refractivity contribution in [1.29, 1.82) is 5.26 Å². The molecular formula is C12H20N2O3S. The second-order valence-corrected chi connectivity index (χ2v) is 6.46. The van der Waals surface area contributed by atoms with E-state index in [1.54, 1.807) is 6.26 Å². The molecule has 1 fully saturated rings. The Balaban J connectivity index is 2.44. The van der Waals surface area contributed by atoms with E-state index in [9.17, 15) is 14.3 Å². The third-order valence-electron chi connectivity index (χ3n) is 3.40. The van der Waals surface area contributed by atoms with Crippen molar-refractivity contribution in [2.24, 2.45) is 5.41 Å². The third kappa shape index (κ3) is 3.79. The van der Waals surface area contributed by atoms with Gasteiger partial charge in [0.25, 0.3) is 0 Å². The number of nitriles is 1. The first-order valence-electron chi connectivity index (χ1n) is 6.11. The first-order valence-corrected chi connectivity index (χ1v) is 7.73. The Bertz CT molecular complexity index is 359. The monoisotopic (exact) mass is 272 g/mol. The zero-order chi connectivity index (χ0) is 13.6. The van der Waals surface area contributed by atoms with Crippen molar-refractivity contribution in [3.8, 4) is 6.07 Å². The van der Waals surface area contributed by atoms with Crippen LogP contribution in [-0.4, -0.2) is 41.4 Å². The fourth-order valence-electron chi connectivity index (χ4n) is 1.83. The van der Waals surface area contributed by atoms with Crippen molar-refractivity contribution in [2.75, 3.05) is 26.0 Å². The van der Waals surface area contributed by atoms with E-state index in [1.165, 1.54) is 0 Å². The van der Waals surface area contributed by atoms with Gasteiger partial charge in [0.1, 0.15) is 5.41 Å². The first kappa shape index (κ1) is 15.1. The molecular weight excluding hydrogens is 252 g/mol. The van der Waals surface area contributed by atoms with Gasteiger partial charge in [-0.25, -0.2) is 0 Å². The molecule has 1 saturated heterocycles. The average molecular weight is 272 g/mol. The Hall–Kier alpha value is -0.930. The molecule has 1 rings (SSSR count). The van der Waals surface area contributed by atoms with E-state index in [-0.39, 0.29) is 11.2 Å². The van der Waals surface area contributed by atoms with Gasteiger partial charge in [-0.1, -0.05) is 6.92 Å². The van der Waals surface area contributed by atoms with E-state index in [2.05, 4.69) is 11.4 Å². The number of nitrogens with zero attached hydrogens (tertiary/aromatic N) is 1. The van der Waals surface area contributed by atoms with Crippen molar-refractivity contribution in [3.05, 3.63) is 0 Å². The van der Waals surface area contributed by atoms with Crippen molar-refractivity contribution in [2.45, 2.75) is 31.4 Å². The maximum atomic E-state index is 12.0. The highest BCUT2D eigenvalue weighted by Gasteiger charge is 2.40. The molecule has 0 spiro atoms. The van der Waals surface area contributed by atoms with Crippen LogP contribution in [0.1, 0.15) is 26.2 Å². The summed E-state index contributed by atoms with van der Waals surface area (Å²) in [5, 5.41) is 12.0. The number of carbonyl (C=O) groups is 1. The van der Waals surface area contributed by atoms with Gasteiger partial charge in [-0.05, 0) is 19.3 Å². The molecule has 1 aliphatic heterocycles. The number of hydrogen-bond donors (Lipinski definition) is 1. The van der Waals surface area contributed by atoms with Crippen LogP contribution in [0.25, 0.3) is 0 Å². The van der Waals surface area contributed by atoms with Crippen LogP contribution in [0.3, 0.4) is 0 Å². The van der Waals surface area contributed by atoms with Crippen molar-refractivity contribution < 1.29 is 13.7 Å². The van der Waals surface area contributed by atoms with Crippen molar-refractivity contribution in [3.63, 3.8) is 0 Å². The minimum Gasteiger partial charge on any atom is -0.381 e. The van der Waals surface area contributed by atoms with Crippen LogP contribution < -0.4 is 5.32 Å².